The lowest BCUT2D eigenvalue weighted by Gasteiger charge is -2.05. The molecule has 1 saturated heterocycles. The summed E-state index contributed by atoms with van der Waals surface area (Å²) in [5.41, 5.74) is 0. The smallest absolute Gasteiger partial charge is 0.0157 e. The van der Waals surface area contributed by atoms with Gasteiger partial charge >= 0.3 is 0 Å². The molecule has 0 saturated carbocycles. The minimum absolute atomic E-state index is 0.875. The SMILES string of the molecule is CC[C@H]1CCN(N)C1. The van der Waals surface area contributed by atoms with E-state index < -0.39 is 0 Å². The van der Waals surface area contributed by atoms with Crippen molar-refractivity contribution in [2.75, 3.05) is 13.1 Å². The van der Waals surface area contributed by atoms with Gasteiger partial charge < -0.3 is 0 Å². The predicted octanol–water partition coefficient (Wildman–Crippen LogP) is 0.592. The molecule has 1 rings (SSSR count). The lowest BCUT2D eigenvalue weighted by atomic mass is 10.1. The summed E-state index contributed by atoms with van der Waals surface area (Å²) in [6, 6.07) is 0. The molecule has 1 heterocycles. The Bertz CT molecular complexity index is 72.9. The minimum atomic E-state index is 0.875. The number of hydrogen-bond acceptors (Lipinski definition) is 2. The Hall–Kier alpha value is -0.0800. The van der Waals surface area contributed by atoms with Crippen LogP contribution in [-0.2, 0) is 0 Å². The summed E-state index contributed by atoms with van der Waals surface area (Å²) in [5, 5.41) is 1.91. The second-order valence-corrected chi connectivity index (χ2v) is 2.56. The molecule has 2 heteroatoms. The van der Waals surface area contributed by atoms with Gasteiger partial charge in [-0.05, 0) is 12.3 Å². The Balaban J connectivity index is 2.22. The summed E-state index contributed by atoms with van der Waals surface area (Å²) in [5.74, 6) is 6.41. The highest BCUT2D eigenvalue weighted by Crippen LogP contribution is 2.15. The van der Waals surface area contributed by atoms with E-state index in [9.17, 15) is 0 Å². The summed E-state index contributed by atoms with van der Waals surface area (Å²) in [6.07, 6.45) is 2.58. The van der Waals surface area contributed by atoms with Crippen LogP contribution in [0.15, 0.2) is 0 Å². The molecule has 0 bridgehead atoms. The van der Waals surface area contributed by atoms with Crippen LogP contribution >= 0.6 is 0 Å². The fourth-order valence-electron chi connectivity index (χ4n) is 1.20. The van der Waals surface area contributed by atoms with Crippen molar-refractivity contribution in [2.45, 2.75) is 19.8 Å². The van der Waals surface area contributed by atoms with Crippen molar-refractivity contribution in [3.05, 3.63) is 0 Å². The average Bonchev–Trinajstić information content (AvgIpc) is 2.14. The zero-order valence-electron chi connectivity index (χ0n) is 5.43. The highest BCUT2D eigenvalue weighted by molar-refractivity contribution is 4.69. The quantitative estimate of drug-likeness (QED) is 0.505. The molecule has 0 spiro atoms. The van der Waals surface area contributed by atoms with E-state index in [1.54, 1.807) is 0 Å². The molecule has 2 N–H and O–H groups in total. The summed E-state index contributed by atoms with van der Waals surface area (Å²) in [7, 11) is 0. The van der Waals surface area contributed by atoms with E-state index in [1.165, 1.54) is 12.8 Å². The van der Waals surface area contributed by atoms with Gasteiger partial charge in [0.25, 0.3) is 0 Å². The molecule has 1 aliphatic rings. The van der Waals surface area contributed by atoms with Gasteiger partial charge in [-0.3, -0.25) is 5.84 Å². The van der Waals surface area contributed by atoms with Gasteiger partial charge in [-0.25, -0.2) is 5.01 Å². The van der Waals surface area contributed by atoms with Crippen LogP contribution in [0, 0.1) is 5.92 Å². The van der Waals surface area contributed by atoms with Crippen LogP contribution in [0.3, 0.4) is 0 Å². The van der Waals surface area contributed by atoms with Crippen LogP contribution in [0.1, 0.15) is 19.8 Å². The van der Waals surface area contributed by atoms with Crippen molar-refractivity contribution >= 4 is 0 Å². The van der Waals surface area contributed by atoms with E-state index in [-0.39, 0.29) is 0 Å². The van der Waals surface area contributed by atoms with E-state index in [0.29, 0.717) is 0 Å². The molecule has 0 radical (unpaired) electrons. The van der Waals surface area contributed by atoms with Crippen molar-refractivity contribution in [2.24, 2.45) is 11.8 Å². The Morgan fingerprint density at radius 2 is 2.50 bits per heavy atom. The lowest BCUT2D eigenvalue weighted by Crippen LogP contribution is -2.27. The van der Waals surface area contributed by atoms with Gasteiger partial charge in [0, 0.05) is 13.1 Å². The van der Waals surface area contributed by atoms with Crippen LogP contribution in [0.5, 0.6) is 0 Å². The normalized spacial score (nSPS) is 31.5. The topological polar surface area (TPSA) is 29.3 Å². The van der Waals surface area contributed by atoms with Gasteiger partial charge in [-0.15, -0.1) is 0 Å². The maximum Gasteiger partial charge on any atom is 0.0157 e. The fourth-order valence-corrected chi connectivity index (χ4v) is 1.20. The fraction of sp³-hybridized carbons (Fsp3) is 1.00. The van der Waals surface area contributed by atoms with E-state index in [2.05, 4.69) is 6.92 Å². The molecule has 0 unspecified atom stereocenters. The number of hydrazine groups is 1. The van der Waals surface area contributed by atoms with Crippen molar-refractivity contribution in [1.29, 1.82) is 0 Å². The first-order valence-electron chi connectivity index (χ1n) is 3.32. The third-order valence-corrected chi connectivity index (χ3v) is 1.89. The van der Waals surface area contributed by atoms with Gasteiger partial charge in [-0.1, -0.05) is 13.3 Å². The van der Waals surface area contributed by atoms with E-state index in [0.717, 1.165) is 19.0 Å². The zero-order valence-corrected chi connectivity index (χ0v) is 5.43. The number of hydrogen-bond donors (Lipinski definition) is 1. The van der Waals surface area contributed by atoms with Gasteiger partial charge in [0.15, 0.2) is 0 Å². The lowest BCUT2D eigenvalue weighted by molar-refractivity contribution is 0.336. The molecule has 0 aromatic rings. The average molecular weight is 114 g/mol. The molecule has 0 aromatic carbocycles. The van der Waals surface area contributed by atoms with Gasteiger partial charge in [-0.2, -0.15) is 0 Å². The molecule has 0 aliphatic carbocycles. The third-order valence-electron chi connectivity index (χ3n) is 1.89. The molecule has 48 valence electrons. The van der Waals surface area contributed by atoms with Crippen LogP contribution in [0.25, 0.3) is 0 Å². The third kappa shape index (κ3) is 1.20. The highest BCUT2D eigenvalue weighted by atomic mass is 15.4. The Kier molecular flexibility index (Phi) is 1.86. The van der Waals surface area contributed by atoms with Crippen molar-refractivity contribution in [3.8, 4) is 0 Å². The largest absolute Gasteiger partial charge is 0.269 e. The van der Waals surface area contributed by atoms with E-state index in [1.807, 2.05) is 5.01 Å². The molecule has 1 atom stereocenters. The zero-order chi connectivity index (χ0) is 5.98. The first-order valence-corrected chi connectivity index (χ1v) is 3.32. The molecule has 2 nitrogen and oxygen atoms in total. The second-order valence-electron chi connectivity index (χ2n) is 2.56. The molecule has 8 heavy (non-hydrogen) atoms. The van der Waals surface area contributed by atoms with Crippen LogP contribution in [-0.4, -0.2) is 18.1 Å². The summed E-state index contributed by atoms with van der Waals surface area (Å²) in [4.78, 5) is 0. The number of nitrogens with two attached hydrogens (primary N) is 1. The number of nitrogens with zero attached hydrogens (tertiary/aromatic N) is 1. The van der Waals surface area contributed by atoms with Gasteiger partial charge in [0.1, 0.15) is 0 Å². The monoisotopic (exact) mass is 114 g/mol. The predicted molar refractivity (Wildman–Crippen MR) is 34.2 cm³/mol. The van der Waals surface area contributed by atoms with Crippen molar-refractivity contribution in [1.82, 2.24) is 5.01 Å². The Morgan fingerprint density at radius 1 is 1.75 bits per heavy atom. The van der Waals surface area contributed by atoms with Crippen molar-refractivity contribution in [3.63, 3.8) is 0 Å². The highest BCUT2D eigenvalue weighted by Gasteiger charge is 2.16. The Labute approximate surface area is 50.6 Å². The minimum Gasteiger partial charge on any atom is -0.269 e. The van der Waals surface area contributed by atoms with Crippen LogP contribution in [0.4, 0.5) is 0 Å². The standard InChI is InChI=1S/C6H14N2/c1-2-6-3-4-8(7)5-6/h6H,2-5,7H2,1H3/t6-/m0/s1. The molecular weight excluding hydrogens is 100 g/mol. The van der Waals surface area contributed by atoms with E-state index in [4.69, 9.17) is 5.84 Å². The first-order chi connectivity index (χ1) is 3.83. The van der Waals surface area contributed by atoms with Crippen LogP contribution < -0.4 is 5.84 Å². The molecule has 1 fully saturated rings. The second kappa shape index (κ2) is 2.46. The van der Waals surface area contributed by atoms with E-state index >= 15 is 0 Å². The molecular formula is C6H14N2. The van der Waals surface area contributed by atoms with Gasteiger partial charge in [0.05, 0.1) is 0 Å². The summed E-state index contributed by atoms with van der Waals surface area (Å²) in [6.45, 7) is 4.43. The van der Waals surface area contributed by atoms with Crippen molar-refractivity contribution < 1.29 is 0 Å². The summed E-state index contributed by atoms with van der Waals surface area (Å²) < 4.78 is 0. The summed E-state index contributed by atoms with van der Waals surface area (Å²) >= 11 is 0. The number of rotatable bonds is 1. The molecule has 1 aliphatic heterocycles. The van der Waals surface area contributed by atoms with Crippen LogP contribution in [0.2, 0.25) is 0 Å². The molecule has 0 aromatic heterocycles. The van der Waals surface area contributed by atoms with Gasteiger partial charge in [0.2, 0.25) is 0 Å². The first kappa shape index (κ1) is 6.05. The maximum absolute atomic E-state index is 5.53. The Morgan fingerprint density at radius 3 is 2.75 bits per heavy atom. The molecule has 0 amide bonds. The maximum atomic E-state index is 5.53.